The van der Waals surface area contributed by atoms with Crippen molar-refractivity contribution in [3.8, 4) is 56.7 Å². The van der Waals surface area contributed by atoms with E-state index in [1.165, 1.54) is 10.9 Å². The summed E-state index contributed by atoms with van der Waals surface area (Å²) in [5.74, 6) is 1.70. The number of para-hydroxylation sites is 3. The molecule has 0 aliphatic carbocycles. The fourth-order valence-electron chi connectivity index (χ4n) is 9.45. The summed E-state index contributed by atoms with van der Waals surface area (Å²) < 4.78 is 11.5. The first-order chi connectivity index (χ1) is 31.2. The van der Waals surface area contributed by atoms with Crippen molar-refractivity contribution in [3.05, 3.63) is 212 Å². The van der Waals surface area contributed by atoms with Crippen LogP contribution in [0.25, 0.3) is 122 Å². The lowest BCUT2D eigenvalue weighted by atomic mass is 10.0. The topological polar surface area (TPSA) is 61.7 Å². The van der Waals surface area contributed by atoms with Crippen LogP contribution in [0.2, 0.25) is 0 Å². The van der Waals surface area contributed by atoms with E-state index < -0.39 is 0 Å². The first-order valence-electron chi connectivity index (χ1n) is 21.2. The van der Waals surface area contributed by atoms with Gasteiger partial charge in [-0.2, -0.15) is 9.97 Å². The highest BCUT2D eigenvalue weighted by molar-refractivity contribution is 6.21. The molecule has 9 aromatic carbocycles. The Kier molecular flexibility index (Phi) is 7.80. The van der Waals surface area contributed by atoms with Gasteiger partial charge in [-0.25, -0.2) is 4.98 Å². The molecule has 0 aliphatic rings. The minimum absolute atomic E-state index is 0.549. The zero-order chi connectivity index (χ0) is 41.4. The predicted molar refractivity (Wildman–Crippen MR) is 258 cm³/mol. The van der Waals surface area contributed by atoms with E-state index in [0.29, 0.717) is 17.6 Å². The maximum Gasteiger partial charge on any atom is 0.238 e. The largest absolute Gasteiger partial charge is 0.454 e. The standard InChI is InChI=1S/C57H35N5O/c1-3-14-36(15-4-1)38-26-28-39(29-27-38)55-58-56(60-57(59-55)62-50-24-11-7-20-43(50)44-21-8-12-25-51(44)62)41-30-31-46-48-33-32-47-45-22-9-10-23-49(45)61(53(47)54(48)63-52(46)35-41)42-19-13-18-40(34-42)37-16-5-2-6-17-37/h1-35H. The maximum absolute atomic E-state index is 7.03. The van der Waals surface area contributed by atoms with Crippen LogP contribution < -0.4 is 0 Å². The van der Waals surface area contributed by atoms with E-state index in [0.717, 1.165) is 93.7 Å². The highest BCUT2D eigenvalue weighted by Gasteiger charge is 2.22. The first-order valence-corrected chi connectivity index (χ1v) is 21.2. The molecule has 0 bridgehead atoms. The minimum Gasteiger partial charge on any atom is -0.454 e. The van der Waals surface area contributed by atoms with Gasteiger partial charge in [-0.05, 0) is 70.8 Å². The van der Waals surface area contributed by atoms with Crippen LogP contribution in [0.3, 0.4) is 0 Å². The Hall–Kier alpha value is -8.61. The molecule has 0 saturated heterocycles. The van der Waals surface area contributed by atoms with Gasteiger partial charge in [-0.15, -0.1) is 0 Å². The summed E-state index contributed by atoms with van der Waals surface area (Å²) in [4.78, 5) is 15.7. The molecule has 294 valence electrons. The number of rotatable bonds is 6. The molecule has 0 unspecified atom stereocenters. The van der Waals surface area contributed by atoms with Gasteiger partial charge in [0.05, 0.1) is 22.1 Å². The average Bonchev–Trinajstić information content (AvgIpc) is 4.02. The third-order valence-corrected chi connectivity index (χ3v) is 12.4. The van der Waals surface area contributed by atoms with Gasteiger partial charge in [0.1, 0.15) is 5.58 Å². The Labute approximate surface area is 361 Å². The number of nitrogens with zero attached hydrogens (tertiary/aromatic N) is 5. The highest BCUT2D eigenvalue weighted by atomic mass is 16.3. The molecular weight excluding hydrogens is 771 g/mol. The maximum atomic E-state index is 7.03. The molecule has 13 rings (SSSR count). The van der Waals surface area contributed by atoms with Crippen LogP contribution in [-0.4, -0.2) is 24.1 Å². The summed E-state index contributed by atoms with van der Waals surface area (Å²) in [5.41, 5.74) is 13.2. The number of aromatic nitrogens is 5. The van der Waals surface area contributed by atoms with Gasteiger partial charge in [-0.3, -0.25) is 4.57 Å². The Morgan fingerprint density at radius 3 is 1.49 bits per heavy atom. The van der Waals surface area contributed by atoms with E-state index >= 15 is 0 Å². The van der Waals surface area contributed by atoms with Crippen LogP contribution in [0.5, 0.6) is 0 Å². The van der Waals surface area contributed by atoms with E-state index in [4.69, 9.17) is 19.4 Å². The number of hydrogen-bond donors (Lipinski definition) is 0. The molecule has 0 N–H and O–H groups in total. The van der Waals surface area contributed by atoms with Gasteiger partial charge in [0.15, 0.2) is 17.2 Å². The molecule has 0 radical (unpaired) electrons. The van der Waals surface area contributed by atoms with E-state index in [2.05, 4.69) is 215 Å². The third kappa shape index (κ3) is 5.62. The van der Waals surface area contributed by atoms with Crippen LogP contribution in [0.1, 0.15) is 0 Å². The molecule has 63 heavy (non-hydrogen) atoms. The van der Waals surface area contributed by atoms with Crippen molar-refractivity contribution in [1.82, 2.24) is 24.1 Å². The SMILES string of the molecule is c1ccc(-c2ccc(-c3nc(-c4ccc5c(c4)oc4c5ccc5c6ccccc6n(-c6cccc(-c7ccccc7)c6)c54)nc(-n4c5ccccc5c5ccccc54)n3)cc2)cc1. The molecule has 0 fully saturated rings. The Morgan fingerprint density at radius 2 is 0.810 bits per heavy atom. The molecular formula is C57H35N5O. The fourth-order valence-corrected chi connectivity index (χ4v) is 9.45. The van der Waals surface area contributed by atoms with Crippen LogP contribution in [0, 0.1) is 0 Å². The molecule has 0 atom stereocenters. The molecule has 0 saturated carbocycles. The van der Waals surface area contributed by atoms with Crippen LogP contribution >= 0.6 is 0 Å². The Balaban J connectivity index is 1.01. The zero-order valence-electron chi connectivity index (χ0n) is 33.9. The zero-order valence-corrected chi connectivity index (χ0v) is 33.9. The average molecular weight is 806 g/mol. The van der Waals surface area contributed by atoms with Gasteiger partial charge in [0, 0.05) is 49.1 Å². The highest BCUT2D eigenvalue weighted by Crippen LogP contribution is 2.42. The quantitative estimate of drug-likeness (QED) is 0.168. The van der Waals surface area contributed by atoms with Gasteiger partial charge in [-0.1, -0.05) is 164 Å². The van der Waals surface area contributed by atoms with Crippen LogP contribution in [-0.2, 0) is 0 Å². The molecule has 4 heterocycles. The van der Waals surface area contributed by atoms with E-state index in [1.54, 1.807) is 0 Å². The van der Waals surface area contributed by atoms with Crippen molar-refractivity contribution >= 4 is 65.6 Å². The number of furan rings is 1. The summed E-state index contributed by atoms with van der Waals surface area (Å²) in [6.45, 7) is 0. The fraction of sp³-hybridized carbons (Fsp3) is 0. The van der Waals surface area contributed by atoms with Gasteiger partial charge < -0.3 is 8.98 Å². The summed E-state index contributed by atoms with van der Waals surface area (Å²) >= 11 is 0. The van der Waals surface area contributed by atoms with Gasteiger partial charge >= 0.3 is 0 Å². The van der Waals surface area contributed by atoms with Crippen molar-refractivity contribution in [3.63, 3.8) is 0 Å². The summed E-state index contributed by atoms with van der Waals surface area (Å²) in [6.07, 6.45) is 0. The van der Waals surface area contributed by atoms with Crippen molar-refractivity contribution in [1.29, 1.82) is 0 Å². The van der Waals surface area contributed by atoms with Crippen LogP contribution in [0.15, 0.2) is 217 Å². The Bertz CT molecular complexity index is 3850. The third-order valence-electron chi connectivity index (χ3n) is 12.4. The van der Waals surface area contributed by atoms with Crippen molar-refractivity contribution in [2.24, 2.45) is 0 Å². The smallest absolute Gasteiger partial charge is 0.238 e. The summed E-state index contributed by atoms with van der Waals surface area (Å²) in [5, 5.41) is 6.67. The lowest BCUT2D eigenvalue weighted by Crippen LogP contribution is -2.06. The molecule has 0 aliphatic heterocycles. The summed E-state index contributed by atoms with van der Waals surface area (Å²) in [7, 11) is 0. The first kappa shape index (κ1) is 35.2. The lowest BCUT2D eigenvalue weighted by Gasteiger charge is -2.11. The van der Waals surface area contributed by atoms with E-state index in [1.807, 2.05) is 6.07 Å². The Morgan fingerprint density at radius 1 is 0.317 bits per heavy atom. The van der Waals surface area contributed by atoms with Gasteiger partial charge in [0.25, 0.3) is 0 Å². The van der Waals surface area contributed by atoms with Crippen molar-refractivity contribution < 1.29 is 4.42 Å². The molecule has 4 aromatic heterocycles. The molecule has 13 aromatic rings. The normalized spacial score (nSPS) is 11.8. The minimum atomic E-state index is 0.549. The number of hydrogen-bond acceptors (Lipinski definition) is 4. The lowest BCUT2D eigenvalue weighted by molar-refractivity contribution is 0.671. The second-order valence-corrected chi connectivity index (χ2v) is 16.0. The molecule has 0 spiro atoms. The number of fused-ring (bicyclic) bond motifs is 10. The molecule has 6 heteroatoms. The second-order valence-electron chi connectivity index (χ2n) is 16.0. The molecule has 0 amide bonds. The van der Waals surface area contributed by atoms with E-state index in [-0.39, 0.29) is 0 Å². The summed E-state index contributed by atoms with van der Waals surface area (Å²) in [6, 6.07) is 74.4. The predicted octanol–water partition coefficient (Wildman–Crippen LogP) is 14.6. The molecule has 6 nitrogen and oxygen atoms in total. The van der Waals surface area contributed by atoms with Gasteiger partial charge in [0.2, 0.25) is 5.95 Å². The second kappa shape index (κ2) is 14.0. The van der Waals surface area contributed by atoms with Crippen LogP contribution in [0.4, 0.5) is 0 Å². The number of benzene rings is 9. The van der Waals surface area contributed by atoms with E-state index in [9.17, 15) is 0 Å². The van der Waals surface area contributed by atoms with Crippen molar-refractivity contribution in [2.75, 3.05) is 0 Å². The monoisotopic (exact) mass is 805 g/mol. The van der Waals surface area contributed by atoms with Crippen molar-refractivity contribution in [2.45, 2.75) is 0 Å².